The largest absolute Gasteiger partial charge is 0.281 e. The van der Waals surface area contributed by atoms with Crippen molar-refractivity contribution in [1.82, 2.24) is 4.31 Å². The Morgan fingerprint density at radius 3 is 2.75 bits per heavy atom. The van der Waals surface area contributed by atoms with E-state index in [2.05, 4.69) is 9.30 Å². The van der Waals surface area contributed by atoms with E-state index < -0.39 is 0 Å². The first-order valence-corrected chi connectivity index (χ1v) is 3.69. The second-order valence-electron chi connectivity index (χ2n) is 1.39. The molecular weight excluding hydrogens is 120 g/mol. The maximum absolute atomic E-state index is 4.02. The minimum absolute atomic E-state index is 0.789. The highest BCUT2D eigenvalue weighted by Gasteiger charge is 1.86. The van der Waals surface area contributed by atoms with Crippen LogP contribution in [0, 0.1) is 0 Å². The Morgan fingerprint density at radius 1 is 1.75 bits per heavy atom. The average Bonchev–Trinajstić information content (AvgIpc) is 1.83. The molecule has 0 atom stereocenters. The number of aliphatic imine (C=N–C) groups is 1. The fourth-order valence-corrected chi connectivity index (χ4v) is 0.437. The van der Waals surface area contributed by atoms with E-state index in [-0.39, 0.29) is 0 Å². The van der Waals surface area contributed by atoms with Gasteiger partial charge in [0, 0.05) is 0 Å². The van der Waals surface area contributed by atoms with Gasteiger partial charge in [0.05, 0.1) is 6.67 Å². The molecule has 0 aromatic rings. The summed E-state index contributed by atoms with van der Waals surface area (Å²) in [6.07, 6.45) is 3.85. The zero-order valence-electron chi connectivity index (χ0n) is 5.59. The van der Waals surface area contributed by atoms with Gasteiger partial charge in [-0.1, -0.05) is 11.9 Å². The fraction of sp³-hybridized carbons (Fsp3) is 0.800. The topological polar surface area (TPSA) is 15.6 Å². The van der Waals surface area contributed by atoms with E-state index in [1.54, 1.807) is 11.9 Å². The van der Waals surface area contributed by atoms with Crippen LogP contribution < -0.4 is 0 Å². The zero-order valence-corrected chi connectivity index (χ0v) is 6.40. The summed E-state index contributed by atoms with van der Waals surface area (Å²) in [6.45, 7) is 2.71. The van der Waals surface area contributed by atoms with E-state index in [1.807, 2.05) is 26.4 Å². The second-order valence-corrected chi connectivity index (χ2v) is 2.38. The lowest BCUT2D eigenvalue weighted by atomic mass is 10.9. The summed E-state index contributed by atoms with van der Waals surface area (Å²) in [5.74, 6) is 0. The van der Waals surface area contributed by atoms with Gasteiger partial charge in [-0.15, -0.1) is 0 Å². The highest BCUT2D eigenvalue weighted by Crippen LogP contribution is 1.97. The molecule has 0 bridgehead atoms. The number of nitrogens with zero attached hydrogens (tertiary/aromatic N) is 2. The van der Waals surface area contributed by atoms with Crippen LogP contribution in [0.1, 0.15) is 6.92 Å². The molecule has 0 fully saturated rings. The van der Waals surface area contributed by atoms with Crippen LogP contribution in [-0.2, 0) is 0 Å². The number of hydrogen-bond donors (Lipinski definition) is 0. The van der Waals surface area contributed by atoms with E-state index in [4.69, 9.17) is 0 Å². The lowest BCUT2D eigenvalue weighted by Gasteiger charge is -2.06. The van der Waals surface area contributed by atoms with Gasteiger partial charge in [0.25, 0.3) is 0 Å². The van der Waals surface area contributed by atoms with Crippen LogP contribution in [0.25, 0.3) is 0 Å². The van der Waals surface area contributed by atoms with Crippen LogP contribution in [0.4, 0.5) is 0 Å². The minimum Gasteiger partial charge on any atom is -0.281 e. The quantitative estimate of drug-likeness (QED) is 0.424. The molecule has 0 aromatic carbocycles. The lowest BCUT2D eigenvalue weighted by molar-refractivity contribution is 0.591. The van der Waals surface area contributed by atoms with Crippen molar-refractivity contribution >= 4 is 18.2 Å². The molecule has 0 rings (SSSR count). The molecule has 0 N–H and O–H groups in total. The Morgan fingerprint density at radius 2 is 2.38 bits per heavy atom. The molecule has 3 heteroatoms. The van der Waals surface area contributed by atoms with Crippen LogP contribution >= 0.6 is 11.9 Å². The zero-order chi connectivity index (χ0) is 6.41. The van der Waals surface area contributed by atoms with Crippen LogP contribution in [0.5, 0.6) is 0 Å². The van der Waals surface area contributed by atoms with Crippen molar-refractivity contribution in [2.45, 2.75) is 6.92 Å². The maximum atomic E-state index is 4.02. The molecule has 0 spiro atoms. The molecular formula is C5H12N2S. The van der Waals surface area contributed by atoms with Gasteiger partial charge in [0.1, 0.15) is 0 Å². The molecule has 0 unspecified atom stereocenters. The first-order chi connectivity index (χ1) is 3.81. The van der Waals surface area contributed by atoms with Crippen LogP contribution in [0.2, 0.25) is 0 Å². The van der Waals surface area contributed by atoms with E-state index >= 15 is 0 Å². The summed E-state index contributed by atoms with van der Waals surface area (Å²) in [4.78, 5) is 4.02. The third-order valence-electron chi connectivity index (χ3n) is 0.775. The molecule has 2 nitrogen and oxygen atoms in total. The van der Waals surface area contributed by atoms with Crippen LogP contribution in [-0.4, -0.2) is 30.5 Å². The molecule has 0 heterocycles. The van der Waals surface area contributed by atoms with Crippen molar-refractivity contribution in [2.75, 3.05) is 20.0 Å². The Balaban J connectivity index is 3.10. The molecule has 0 saturated heterocycles. The third kappa shape index (κ3) is 4.15. The summed E-state index contributed by atoms with van der Waals surface area (Å²) < 4.78 is 2.06. The highest BCUT2D eigenvalue weighted by atomic mass is 32.2. The minimum atomic E-state index is 0.789. The third-order valence-corrected chi connectivity index (χ3v) is 1.51. The van der Waals surface area contributed by atoms with Crippen molar-refractivity contribution in [3.8, 4) is 0 Å². The van der Waals surface area contributed by atoms with E-state index in [0.717, 1.165) is 6.67 Å². The summed E-state index contributed by atoms with van der Waals surface area (Å²) in [7, 11) is 2.01. The lowest BCUT2D eigenvalue weighted by Crippen LogP contribution is -2.07. The van der Waals surface area contributed by atoms with Crippen molar-refractivity contribution in [3.05, 3.63) is 0 Å². The van der Waals surface area contributed by atoms with Gasteiger partial charge in [0.2, 0.25) is 0 Å². The van der Waals surface area contributed by atoms with Gasteiger partial charge in [0.15, 0.2) is 0 Å². The van der Waals surface area contributed by atoms with Gasteiger partial charge in [-0.25, -0.2) is 4.31 Å². The molecule has 0 aliphatic rings. The summed E-state index contributed by atoms with van der Waals surface area (Å²) >= 11 is 1.68. The van der Waals surface area contributed by atoms with E-state index in [0.29, 0.717) is 0 Å². The molecule has 0 amide bonds. The van der Waals surface area contributed by atoms with Gasteiger partial charge in [-0.05, 0) is 26.4 Å². The first kappa shape index (κ1) is 7.98. The Kier molecular flexibility index (Phi) is 5.11. The molecule has 48 valence electrons. The first-order valence-electron chi connectivity index (χ1n) is 2.51. The van der Waals surface area contributed by atoms with Gasteiger partial charge < -0.3 is 0 Å². The molecule has 0 aliphatic heterocycles. The standard InChI is InChI=1S/C5H12N2S/c1-4-6-5-7(2)8-3/h4H,5H2,1-3H3/b6-4-. The molecule has 0 aromatic heterocycles. The fourth-order valence-electron chi connectivity index (χ4n) is 0.254. The number of rotatable bonds is 3. The Hall–Kier alpha value is -0.0200. The second kappa shape index (κ2) is 5.12. The Bertz CT molecular complexity index is 72.8. The summed E-state index contributed by atoms with van der Waals surface area (Å²) in [5, 5.41) is 0. The van der Waals surface area contributed by atoms with Gasteiger partial charge >= 0.3 is 0 Å². The average molecular weight is 132 g/mol. The summed E-state index contributed by atoms with van der Waals surface area (Å²) in [5.41, 5.74) is 0. The maximum Gasteiger partial charge on any atom is 0.0994 e. The predicted octanol–water partition coefficient (Wildman–Crippen LogP) is 1.24. The van der Waals surface area contributed by atoms with E-state index in [9.17, 15) is 0 Å². The molecule has 0 aliphatic carbocycles. The predicted molar refractivity (Wildman–Crippen MR) is 40.3 cm³/mol. The van der Waals surface area contributed by atoms with Gasteiger partial charge in [-0.2, -0.15) is 0 Å². The molecule has 0 saturated carbocycles. The van der Waals surface area contributed by atoms with Crippen LogP contribution in [0.3, 0.4) is 0 Å². The summed E-state index contributed by atoms with van der Waals surface area (Å²) in [6, 6.07) is 0. The van der Waals surface area contributed by atoms with Crippen molar-refractivity contribution in [1.29, 1.82) is 0 Å². The SMILES string of the molecule is C/C=N\CN(C)SC. The number of hydrogen-bond acceptors (Lipinski definition) is 3. The Labute approximate surface area is 55.1 Å². The van der Waals surface area contributed by atoms with Crippen LogP contribution in [0.15, 0.2) is 4.99 Å². The highest BCUT2D eigenvalue weighted by molar-refractivity contribution is 7.96. The molecule has 0 radical (unpaired) electrons. The van der Waals surface area contributed by atoms with Crippen molar-refractivity contribution in [3.63, 3.8) is 0 Å². The smallest absolute Gasteiger partial charge is 0.0994 e. The normalized spacial score (nSPS) is 11.5. The molecule has 8 heavy (non-hydrogen) atoms. The monoisotopic (exact) mass is 132 g/mol. The van der Waals surface area contributed by atoms with E-state index in [1.165, 1.54) is 0 Å². The van der Waals surface area contributed by atoms with Gasteiger partial charge in [-0.3, -0.25) is 4.99 Å². The van der Waals surface area contributed by atoms with Crippen molar-refractivity contribution < 1.29 is 0 Å². The van der Waals surface area contributed by atoms with Crippen molar-refractivity contribution in [2.24, 2.45) is 4.99 Å².